The zero-order valence-corrected chi connectivity index (χ0v) is 5.51. The van der Waals surface area contributed by atoms with Gasteiger partial charge in [0.05, 0.1) is 6.20 Å². The molecule has 0 radical (unpaired) electrons. The van der Waals surface area contributed by atoms with E-state index in [2.05, 4.69) is 15.0 Å². The summed E-state index contributed by atoms with van der Waals surface area (Å²) < 4.78 is 1.28. The standard InChI is InChI=1S/C6H4N4O/c11-4-10-3-7-1-5-6(10)9-2-8-5/h1-4H. The van der Waals surface area contributed by atoms with E-state index in [1.165, 1.54) is 17.2 Å². The second-order valence-corrected chi connectivity index (χ2v) is 1.99. The van der Waals surface area contributed by atoms with E-state index >= 15 is 0 Å². The van der Waals surface area contributed by atoms with Crippen LogP contribution in [0.1, 0.15) is 0 Å². The molecule has 11 heavy (non-hydrogen) atoms. The summed E-state index contributed by atoms with van der Waals surface area (Å²) in [7, 11) is 0. The Balaban J connectivity index is 2.75. The van der Waals surface area contributed by atoms with Crippen LogP contribution in [0.3, 0.4) is 0 Å². The van der Waals surface area contributed by atoms with Crippen LogP contribution in [-0.4, -0.2) is 25.9 Å². The van der Waals surface area contributed by atoms with Crippen molar-refractivity contribution in [2.24, 2.45) is 0 Å². The Morgan fingerprint density at radius 1 is 1.45 bits per heavy atom. The number of carbonyl (C=O) groups is 1. The molecule has 0 bridgehead atoms. The molecule has 0 aromatic carbocycles. The number of nitrogens with zero attached hydrogens (tertiary/aromatic N) is 4. The van der Waals surface area contributed by atoms with Crippen LogP contribution in [0.15, 0.2) is 18.9 Å². The zero-order chi connectivity index (χ0) is 7.68. The van der Waals surface area contributed by atoms with Crippen molar-refractivity contribution in [1.29, 1.82) is 0 Å². The van der Waals surface area contributed by atoms with Crippen LogP contribution in [0.2, 0.25) is 0 Å². The zero-order valence-electron chi connectivity index (χ0n) is 5.51. The Morgan fingerprint density at radius 3 is 3.18 bits per heavy atom. The lowest BCUT2D eigenvalue weighted by Gasteiger charge is -1.98. The highest BCUT2D eigenvalue weighted by atomic mass is 16.1. The van der Waals surface area contributed by atoms with Gasteiger partial charge in [-0.05, 0) is 0 Å². The maximum atomic E-state index is 10.4. The fourth-order valence-electron chi connectivity index (χ4n) is 0.867. The molecule has 5 heteroatoms. The van der Waals surface area contributed by atoms with E-state index < -0.39 is 0 Å². The largest absolute Gasteiger partial charge is 0.278 e. The van der Waals surface area contributed by atoms with Gasteiger partial charge in [0, 0.05) is 0 Å². The molecule has 2 aliphatic heterocycles. The third-order valence-electron chi connectivity index (χ3n) is 1.35. The van der Waals surface area contributed by atoms with Crippen molar-refractivity contribution >= 4 is 6.41 Å². The average molecular weight is 148 g/mol. The van der Waals surface area contributed by atoms with Crippen LogP contribution in [0.4, 0.5) is 0 Å². The molecule has 0 spiro atoms. The summed E-state index contributed by atoms with van der Waals surface area (Å²) in [4.78, 5) is 21.9. The van der Waals surface area contributed by atoms with Crippen molar-refractivity contribution in [1.82, 2.24) is 19.5 Å². The maximum absolute atomic E-state index is 10.4. The van der Waals surface area contributed by atoms with Gasteiger partial charge in [-0.15, -0.1) is 0 Å². The molecule has 0 unspecified atom stereocenters. The van der Waals surface area contributed by atoms with Crippen LogP contribution < -0.4 is 0 Å². The maximum Gasteiger partial charge on any atom is 0.220 e. The fourth-order valence-corrected chi connectivity index (χ4v) is 0.867. The number of carbonyl (C=O) groups excluding carboxylic acids is 1. The quantitative estimate of drug-likeness (QED) is 0.526. The predicted molar refractivity (Wildman–Crippen MR) is 36.6 cm³/mol. The Hall–Kier alpha value is -1.78. The second kappa shape index (κ2) is 2.12. The Morgan fingerprint density at radius 2 is 2.36 bits per heavy atom. The highest BCUT2D eigenvalue weighted by molar-refractivity contribution is 5.63. The molecule has 5 nitrogen and oxygen atoms in total. The summed E-state index contributed by atoms with van der Waals surface area (Å²) in [6.45, 7) is 0. The molecule has 0 fully saturated rings. The molecule has 2 rings (SSSR count). The number of aromatic nitrogens is 4. The van der Waals surface area contributed by atoms with E-state index in [0.717, 1.165) is 0 Å². The lowest BCUT2D eigenvalue weighted by atomic mass is 10.4. The van der Waals surface area contributed by atoms with Crippen molar-refractivity contribution < 1.29 is 4.79 Å². The van der Waals surface area contributed by atoms with E-state index in [1.807, 2.05) is 0 Å². The van der Waals surface area contributed by atoms with Crippen LogP contribution in [0.5, 0.6) is 0 Å². The average Bonchev–Trinajstić information content (AvgIpc) is 2.50. The highest BCUT2D eigenvalue weighted by Gasteiger charge is 2.07. The second-order valence-electron chi connectivity index (χ2n) is 1.99. The van der Waals surface area contributed by atoms with Crippen LogP contribution in [0, 0.1) is 0 Å². The van der Waals surface area contributed by atoms with Gasteiger partial charge in [-0.25, -0.2) is 15.0 Å². The van der Waals surface area contributed by atoms with Crippen LogP contribution in [0.25, 0.3) is 11.5 Å². The van der Waals surface area contributed by atoms with Crippen molar-refractivity contribution in [3.8, 4) is 11.5 Å². The number of rotatable bonds is 1. The number of hydrogen-bond acceptors (Lipinski definition) is 4. The minimum Gasteiger partial charge on any atom is -0.278 e. The molecular formula is C6H4N4O. The molecule has 0 N–H and O–H groups in total. The molecule has 0 aliphatic carbocycles. The van der Waals surface area contributed by atoms with Gasteiger partial charge in [-0.3, -0.25) is 9.36 Å². The molecule has 0 aromatic rings. The highest BCUT2D eigenvalue weighted by Crippen LogP contribution is 2.11. The molecule has 0 amide bonds. The van der Waals surface area contributed by atoms with Gasteiger partial charge in [-0.1, -0.05) is 0 Å². The van der Waals surface area contributed by atoms with Crippen LogP contribution >= 0.6 is 0 Å². The van der Waals surface area contributed by atoms with Gasteiger partial charge in [0.25, 0.3) is 0 Å². The number of fused-ring (bicyclic) bond motifs is 1. The lowest BCUT2D eigenvalue weighted by molar-refractivity contribution is 0.546. The summed E-state index contributed by atoms with van der Waals surface area (Å²) in [6.07, 6.45) is 4.99. The van der Waals surface area contributed by atoms with E-state index in [-0.39, 0.29) is 0 Å². The minimum atomic E-state index is 0.537. The lowest BCUT2D eigenvalue weighted by Crippen LogP contribution is -2.02. The third-order valence-corrected chi connectivity index (χ3v) is 1.35. The smallest absolute Gasteiger partial charge is 0.220 e. The van der Waals surface area contributed by atoms with E-state index in [9.17, 15) is 4.79 Å². The first-order valence-electron chi connectivity index (χ1n) is 2.99. The summed E-state index contributed by atoms with van der Waals surface area (Å²) >= 11 is 0. The topological polar surface area (TPSA) is 60.7 Å². The van der Waals surface area contributed by atoms with Gasteiger partial charge in [0.2, 0.25) is 6.41 Å². The van der Waals surface area contributed by atoms with Gasteiger partial charge < -0.3 is 0 Å². The Labute approximate surface area is 62.1 Å². The summed E-state index contributed by atoms with van der Waals surface area (Å²) in [5, 5.41) is 0. The van der Waals surface area contributed by atoms with Crippen molar-refractivity contribution in [2.75, 3.05) is 0 Å². The molecule has 0 atom stereocenters. The van der Waals surface area contributed by atoms with Crippen molar-refractivity contribution in [3.05, 3.63) is 18.9 Å². The van der Waals surface area contributed by atoms with Crippen LogP contribution in [-0.2, 0) is 4.79 Å². The van der Waals surface area contributed by atoms with Gasteiger partial charge in [-0.2, -0.15) is 0 Å². The Kier molecular flexibility index (Phi) is 1.15. The first-order chi connectivity index (χ1) is 5.42. The van der Waals surface area contributed by atoms with E-state index in [1.54, 1.807) is 6.20 Å². The molecular weight excluding hydrogens is 144 g/mol. The SMILES string of the molecule is O=Cn1cncc2ncnc1-2. The monoisotopic (exact) mass is 148 g/mol. The first kappa shape index (κ1) is 5.96. The van der Waals surface area contributed by atoms with Crippen molar-refractivity contribution in [3.63, 3.8) is 0 Å². The minimum absolute atomic E-state index is 0.537. The predicted octanol–water partition coefficient (Wildman–Crippen LogP) is -0.184. The summed E-state index contributed by atoms with van der Waals surface area (Å²) in [5.41, 5.74) is 0.625. The van der Waals surface area contributed by atoms with Gasteiger partial charge >= 0.3 is 0 Å². The molecule has 0 saturated carbocycles. The van der Waals surface area contributed by atoms with Gasteiger partial charge in [0.1, 0.15) is 18.3 Å². The molecule has 2 heterocycles. The summed E-state index contributed by atoms with van der Waals surface area (Å²) in [6, 6.07) is 0. The molecule has 54 valence electrons. The molecule has 0 aromatic heterocycles. The van der Waals surface area contributed by atoms with Crippen molar-refractivity contribution in [2.45, 2.75) is 0 Å². The van der Waals surface area contributed by atoms with Gasteiger partial charge in [0.15, 0.2) is 5.82 Å². The third kappa shape index (κ3) is 0.778. The van der Waals surface area contributed by atoms with E-state index in [4.69, 9.17) is 0 Å². The number of imidazole rings is 1. The summed E-state index contributed by atoms with van der Waals surface area (Å²) in [5.74, 6) is 0.537. The molecule has 0 saturated heterocycles. The van der Waals surface area contributed by atoms with E-state index in [0.29, 0.717) is 17.9 Å². The number of hydrogen-bond donors (Lipinski definition) is 0. The molecule has 2 aliphatic rings. The normalized spacial score (nSPS) is 10.2. The Bertz CT molecular complexity index is 356. The fraction of sp³-hybridized carbons (Fsp3) is 0. The first-order valence-corrected chi connectivity index (χ1v) is 2.99.